The number of fused-ring (bicyclic) bond motifs is 3. The van der Waals surface area contributed by atoms with Crippen molar-refractivity contribution in [3.05, 3.63) is 35.0 Å². The molecule has 1 aliphatic carbocycles. The van der Waals surface area contributed by atoms with Gasteiger partial charge in [0.25, 0.3) is 0 Å². The molecule has 0 spiro atoms. The van der Waals surface area contributed by atoms with Gasteiger partial charge in [0.1, 0.15) is 5.71 Å². The lowest BCUT2D eigenvalue weighted by atomic mass is 9.93. The van der Waals surface area contributed by atoms with Gasteiger partial charge in [0, 0.05) is 10.9 Å². The van der Waals surface area contributed by atoms with Crippen LogP contribution in [0.1, 0.15) is 36.6 Å². The Bertz CT molecular complexity index is 596. The van der Waals surface area contributed by atoms with E-state index >= 15 is 0 Å². The number of oxime groups is 1. The van der Waals surface area contributed by atoms with Gasteiger partial charge in [-0.3, -0.25) is 0 Å². The van der Waals surface area contributed by atoms with Gasteiger partial charge >= 0.3 is 0 Å². The van der Waals surface area contributed by atoms with Gasteiger partial charge in [0.2, 0.25) is 0 Å². The molecule has 1 aromatic carbocycles. The lowest BCUT2D eigenvalue weighted by Gasteiger charge is -2.12. The minimum absolute atomic E-state index is 0.792. The first-order chi connectivity index (χ1) is 8.33. The van der Waals surface area contributed by atoms with E-state index in [1.807, 2.05) is 0 Å². The summed E-state index contributed by atoms with van der Waals surface area (Å²) in [4.78, 5) is 3.38. The highest BCUT2D eigenvalue weighted by Crippen LogP contribution is 2.30. The summed E-state index contributed by atoms with van der Waals surface area (Å²) in [5.74, 6) is 0. The van der Waals surface area contributed by atoms with Crippen molar-refractivity contribution in [1.82, 2.24) is 4.98 Å². The zero-order valence-corrected chi connectivity index (χ0v) is 9.95. The number of benzene rings is 1. The summed E-state index contributed by atoms with van der Waals surface area (Å²) in [6.07, 6.45) is 4.05. The topological polar surface area (TPSA) is 48.4 Å². The highest BCUT2D eigenvalue weighted by molar-refractivity contribution is 6.06. The predicted molar refractivity (Wildman–Crippen MR) is 68.9 cm³/mol. The SMILES string of the molecule is CCc1ccc2[nH]c3c(c2c1)CCC/C3=N/O. The molecule has 0 aliphatic heterocycles. The van der Waals surface area contributed by atoms with E-state index in [2.05, 4.69) is 35.3 Å². The first kappa shape index (κ1) is 10.4. The number of nitrogens with zero attached hydrogens (tertiary/aromatic N) is 1. The fourth-order valence-electron chi connectivity index (χ4n) is 2.68. The van der Waals surface area contributed by atoms with E-state index < -0.39 is 0 Å². The van der Waals surface area contributed by atoms with E-state index in [4.69, 9.17) is 5.21 Å². The summed E-state index contributed by atoms with van der Waals surface area (Å²) in [6, 6.07) is 6.53. The molecule has 0 unspecified atom stereocenters. The number of rotatable bonds is 1. The van der Waals surface area contributed by atoms with Gasteiger partial charge < -0.3 is 10.2 Å². The molecular formula is C14H16N2O. The van der Waals surface area contributed by atoms with E-state index in [-0.39, 0.29) is 0 Å². The zero-order valence-electron chi connectivity index (χ0n) is 9.95. The third-order valence-corrected chi connectivity index (χ3v) is 3.63. The third kappa shape index (κ3) is 1.54. The second-order valence-corrected chi connectivity index (χ2v) is 4.61. The number of H-pyrrole nitrogens is 1. The maximum absolute atomic E-state index is 9.03. The molecule has 3 nitrogen and oxygen atoms in total. The molecule has 17 heavy (non-hydrogen) atoms. The van der Waals surface area contributed by atoms with E-state index in [9.17, 15) is 0 Å². The highest BCUT2D eigenvalue weighted by atomic mass is 16.4. The fourth-order valence-corrected chi connectivity index (χ4v) is 2.68. The van der Waals surface area contributed by atoms with E-state index in [1.54, 1.807) is 0 Å². The van der Waals surface area contributed by atoms with Crippen molar-refractivity contribution >= 4 is 16.6 Å². The molecule has 0 radical (unpaired) electrons. The lowest BCUT2D eigenvalue weighted by Crippen LogP contribution is -2.11. The van der Waals surface area contributed by atoms with Crippen LogP contribution in [0.5, 0.6) is 0 Å². The molecule has 1 aliphatic rings. The van der Waals surface area contributed by atoms with Gasteiger partial charge in [0.05, 0.1) is 5.69 Å². The van der Waals surface area contributed by atoms with Crippen molar-refractivity contribution in [2.45, 2.75) is 32.6 Å². The summed E-state index contributed by atoms with van der Waals surface area (Å²) >= 11 is 0. The number of aromatic amines is 1. The average Bonchev–Trinajstić information content (AvgIpc) is 2.76. The molecule has 0 atom stereocenters. The first-order valence-corrected chi connectivity index (χ1v) is 6.18. The van der Waals surface area contributed by atoms with E-state index in [0.717, 1.165) is 42.6 Å². The molecule has 0 fully saturated rings. The van der Waals surface area contributed by atoms with Crippen LogP contribution in [0.25, 0.3) is 10.9 Å². The highest BCUT2D eigenvalue weighted by Gasteiger charge is 2.20. The van der Waals surface area contributed by atoms with Crippen LogP contribution in [0, 0.1) is 0 Å². The number of hydrogen-bond acceptors (Lipinski definition) is 2. The van der Waals surface area contributed by atoms with Crippen molar-refractivity contribution in [2.24, 2.45) is 5.16 Å². The van der Waals surface area contributed by atoms with Crippen molar-refractivity contribution in [3.63, 3.8) is 0 Å². The fraction of sp³-hybridized carbons (Fsp3) is 0.357. The predicted octanol–water partition coefficient (Wildman–Crippen LogP) is 3.24. The monoisotopic (exact) mass is 228 g/mol. The van der Waals surface area contributed by atoms with Crippen LogP contribution in [0.2, 0.25) is 0 Å². The first-order valence-electron chi connectivity index (χ1n) is 6.18. The summed E-state index contributed by atoms with van der Waals surface area (Å²) < 4.78 is 0. The molecule has 0 saturated carbocycles. The quantitative estimate of drug-likeness (QED) is 0.571. The van der Waals surface area contributed by atoms with Gasteiger partial charge in [-0.25, -0.2) is 0 Å². The number of hydrogen-bond donors (Lipinski definition) is 2. The van der Waals surface area contributed by atoms with E-state index in [0.29, 0.717) is 0 Å². The number of nitrogens with one attached hydrogen (secondary N) is 1. The van der Waals surface area contributed by atoms with Crippen LogP contribution in [0.4, 0.5) is 0 Å². The molecule has 3 rings (SSSR count). The summed E-state index contributed by atoms with van der Waals surface area (Å²) in [5, 5.41) is 13.7. The Morgan fingerprint density at radius 3 is 3.00 bits per heavy atom. The average molecular weight is 228 g/mol. The van der Waals surface area contributed by atoms with Crippen molar-refractivity contribution in [3.8, 4) is 0 Å². The van der Waals surface area contributed by atoms with Crippen LogP contribution in [-0.4, -0.2) is 15.9 Å². The third-order valence-electron chi connectivity index (χ3n) is 3.63. The number of aryl methyl sites for hydroxylation is 2. The van der Waals surface area contributed by atoms with Gasteiger partial charge in [-0.05, 0) is 48.9 Å². The van der Waals surface area contributed by atoms with Gasteiger partial charge in [-0.2, -0.15) is 0 Å². The lowest BCUT2D eigenvalue weighted by molar-refractivity contribution is 0.317. The Balaban J connectivity index is 2.27. The molecule has 0 bridgehead atoms. The molecule has 2 N–H and O–H groups in total. The van der Waals surface area contributed by atoms with Gasteiger partial charge in [-0.15, -0.1) is 0 Å². The minimum atomic E-state index is 0.792. The van der Waals surface area contributed by atoms with Crippen molar-refractivity contribution in [1.29, 1.82) is 0 Å². The van der Waals surface area contributed by atoms with Crippen molar-refractivity contribution < 1.29 is 5.21 Å². The van der Waals surface area contributed by atoms with Crippen molar-refractivity contribution in [2.75, 3.05) is 0 Å². The maximum atomic E-state index is 9.03. The molecule has 0 amide bonds. The van der Waals surface area contributed by atoms with E-state index in [1.165, 1.54) is 16.5 Å². The molecule has 0 saturated heterocycles. The Morgan fingerprint density at radius 1 is 1.35 bits per heavy atom. The largest absolute Gasteiger partial charge is 0.411 e. The van der Waals surface area contributed by atoms with Gasteiger partial charge in [-0.1, -0.05) is 18.1 Å². The Hall–Kier alpha value is -1.77. The minimum Gasteiger partial charge on any atom is -0.411 e. The summed E-state index contributed by atoms with van der Waals surface area (Å²) in [5.41, 5.74) is 5.64. The standard InChI is InChI=1S/C14H16N2O/c1-2-9-6-7-12-11(8-9)10-4-3-5-13(16-17)14(10)15-12/h6-8,15,17H,2-5H2,1H3/b16-13-. The Kier molecular flexibility index (Phi) is 2.39. The molecule has 2 aromatic rings. The Labute approximate surface area is 100 Å². The van der Waals surface area contributed by atoms with Crippen LogP contribution in [0.15, 0.2) is 23.4 Å². The number of aromatic nitrogens is 1. The second-order valence-electron chi connectivity index (χ2n) is 4.61. The van der Waals surface area contributed by atoms with Crippen LogP contribution in [-0.2, 0) is 12.8 Å². The van der Waals surface area contributed by atoms with Crippen LogP contribution >= 0.6 is 0 Å². The molecule has 88 valence electrons. The zero-order chi connectivity index (χ0) is 11.8. The molecule has 3 heteroatoms. The smallest absolute Gasteiger partial charge is 0.103 e. The second kappa shape index (κ2) is 3.91. The summed E-state index contributed by atoms with van der Waals surface area (Å²) in [7, 11) is 0. The van der Waals surface area contributed by atoms with Crippen LogP contribution < -0.4 is 0 Å². The Morgan fingerprint density at radius 2 is 2.24 bits per heavy atom. The molecular weight excluding hydrogens is 212 g/mol. The summed E-state index contributed by atoms with van der Waals surface area (Å²) in [6.45, 7) is 2.17. The van der Waals surface area contributed by atoms with Crippen LogP contribution in [0.3, 0.4) is 0 Å². The molecule has 1 heterocycles. The van der Waals surface area contributed by atoms with Gasteiger partial charge in [0.15, 0.2) is 0 Å². The maximum Gasteiger partial charge on any atom is 0.103 e. The normalized spacial score (nSPS) is 17.6. The molecule has 1 aromatic heterocycles.